The maximum atomic E-state index is 13.6. The minimum atomic E-state index is -3.69. The number of hydrogen-bond donors (Lipinski definition) is 0. The number of hydrogen-bond acceptors (Lipinski definition) is 5. The fourth-order valence-electron chi connectivity index (χ4n) is 2.79. The Morgan fingerprint density at radius 1 is 1.22 bits per heavy atom. The molecule has 1 aliphatic heterocycles. The van der Waals surface area contributed by atoms with Crippen molar-refractivity contribution in [2.75, 3.05) is 13.7 Å². The van der Waals surface area contributed by atoms with Crippen LogP contribution in [-0.4, -0.2) is 19.7 Å². The van der Waals surface area contributed by atoms with E-state index in [1.807, 2.05) is 42.5 Å². The van der Waals surface area contributed by atoms with Crippen LogP contribution in [0.4, 0.5) is 0 Å². The molecule has 0 saturated heterocycles. The highest BCUT2D eigenvalue weighted by Crippen LogP contribution is 2.63. The molecule has 1 atom stereocenters. The van der Waals surface area contributed by atoms with E-state index < -0.39 is 13.6 Å². The first kappa shape index (κ1) is 19.6. The normalized spacial score (nSPS) is 18.9. The second-order valence-electron chi connectivity index (χ2n) is 5.63. The highest BCUT2D eigenvalue weighted by molar-refractivity contribution is 9.10. The molecular weight excluding hydrogens is 431 g/mol. The van der Waals surface area contributed by atoms with Gasteiger partial charge in [-0.15, -0.1) is 0 Å². The first-order valence-corrected chi connectivity index (χ1v) is 10.6. The second kappa shape index (κ2) is 8.26. The number of methoxy groups -OCH3 is 1. The molecule has 0 N–H and O–H groups in total. The van der Waals surface area contributed by atoms with Crippen molar-refractivity contribution in [3.05, 3.63) is 81.6 Å². The van der Waals surface area contributed by atoms with E-state index in [4.69, 9.17) is 9.05 Å². The lowest BCUT2D eigenvalue weighted by molar-refractivity contribution is -0.134. The third-order valence-electron chi connectivity index (χ3n) is 3.92. The zero-order valence-corrected chi connectivity index (χ0v) is 17.3. The summed E-state index contributed by atoms with van der Waals surface area (Å²) in [4.78, 5) is 11.7. The molecule has 0 saturated carbocycles. The molecule has 1 heterocycles. The van der Waals surface area contributed by atoms with E-state index >= 15 is 0 Å². The SMILES string of the molecule is CCOP1(=O)Oc2ccc(Br)cc2C(c2ccccc2)=C1/C=C/C(=O)OC. The zero-order chi connectivity index (χ0) is 19.4. The third-order valence-corrected chi connectivity index (χ3v) is 6.41. The van der Waals surface area contributed by atoms with Gasteiger partial charge in [-0.3, -0.25) is 4.52 Å². The van der Waals surface area contributed by atoms with Crippen LogP contribution in [0.1, 0.15) is 18.1 Å². The van der Waals surface area contributed by atoms with Crippen molar-refractivity contribution in [2.24, 2.45) is 0 Å². The lowest BCUT2D eigenvalue weighted by atomic mass is 9.96. The Morgan fingerprint density at radius 2 is 1.96 bits per heavy atom. The summed E-state index contributed by atoms with van der Waals surface area (Å²) in [7, 11) is -2.41. The summed E-state index contributed by atoms with van der Waals surface area (Å²) in [5.74, 6) is -0.0953. The smallest absolute Gasteiger partial charge is 0.411 e. The molecule has 1 unspecified atom stereocenters. The summed E-state index contributed by atoms with van der Waals surface area (Å²) in [5.41, 5.74) is 2.28. The summed E-state index contributed by atoms with van der Waals surface area (Å²) in [5, 5.41) is 0.312. The quantitative estimate of drug-likeness (QED) is 0.340. The number of rotatable bonds is 5. The van der Waals surface area contributed by atoms with Crippen LogP contribution in [0.2, 0.25) is 0 Å². The molecule has 7 heteroatoms. The average Bonchev–Trinajstić information content (AvgIpc) is 2.67. The maximum Gasteiger partial charge on any atom is 0.411 e. The van der Waals surface area contributed by atoms with Gasteiger partial charge in [-0.1, -0.05) is 46.3 Å². The molecule has 0 aliphatic carbocycles. The molecular formula is C20H18BrO5P. The van der Waals surface area contributed by atoms with Gasteiger partial charge in [-0.2, -0.15) is 0 Å². The van der Waals surface area contributed by atoms with Crippen molar-refractivity contribution in [3.8, 4) is 5.75 Å². The predicted molar refractivity (Wildman–Crippen MR) is 108 cm³/mol. The second-order valence-corrected chi connectivity index (χ2v) is 8.46. The van der Waals surface area contributed by atoms with Gasteiger partial charge in [-0.25, -0.2) is 9.36 Å². The van der Waals surface area contributed by atoms with Gasteiger partial charge in [-0.05, 0) is 36.8 Å². The number of benzene rings is 2. The minimum absolute atomic E-state index is 0.195. The molecule has 0 aromatic heterocycles. The number of esters is 1. The van der Waals surface area contributed by atoms with E-state index in [0.29, 0.717) is 16.6 Å². The highest BCUT2D eigenvalue weighted by atomic mass is 79.9. The van der Waals surface area contributed by atoms with Crippen molar-refractivity contribution in [1.82, 2.24) is 0 Å². The lowest BCUT2D eigenvalue weighted by Crippen LogP contribution is -2.10. The number of carbonyl (C=O) groups is 1. The number of fused-ring (bicyclic) bond motifs is 1. The molecule has 0 fully saturated rings. The van der Waals surface area contributed by atoms with E-state index in [2.05, 4.69) is 20.7 Å². The number of carbonyl (C=O) groups excluding carboxylic acids is 1. The zero-order valence-electron chi connectivity index (χ0n) is 14.8. The molecule has 1 aliphatic rings. The fraction of sp³-hybridized carbons (Fsp3) is 0.150. The van der Waals surface area contributed by atoms with E-state index in [-0.39, 0.29) is 6.61 Å². The van der Waals surface area contributed by atoms with E-state index in [0.717, 1.165) is 15.6 Å². The predicted octanol–water partition coefficient (Wildman–Crippen LogP) is 5.56. The van der Waals surface area contributed by atoms with Gasteiger partial charge in [0.1, 0.15) is 5.75 Å². The van der Waals surface area contributed by atoms with Gasteiger partial charge in [0, 0.05) is 21.7 Å². The van der Waals surface area contributed by atoms with Crippen LogP contribution in [0.5, 0.6) is 5.75 Å². The molecule has 0 bridgehead atoms. The summed E-state index contributed by atoms with van der Waals surface area (Å²) in [6.07, 6.45) is 2.67. The molecule has 3 rings (SSSR count). The first-order chi connectivity index (χ1) is 13.0. The van der Waals surface area contributed by atoms with Crippen molar-refractivity contribution in [2.45, 2.75) is 6.92 Å². The van der Waals surface area contributed by atoms with Crippen LogP contribution < -0.4 is 4.52 Å². The Labute approximate surface area is 166 Å². The average molecular weight is 449 g/mol. The van der Waals surface area contributed by atoms with Crippen LogP contribution in [0, 0.1) is 0 Å². The molecule has 27 heavy (non-hydrogen) atoms. The topological polar surface area (TPSA) is 61.8 Å². The van der Waals surface area contributed by atoms with Crippen molar-refractivity contribution < 1.29 is 23.1 Å². The summed E-state index contributed by atoms with van der Waals surface area (Å²) in [6, 6.07) is 14.9. The summed E-state index contributed by atoms with van der Waals surface area (Å²) < 4.78 is 30.4. The summed E-state index contributed by atoms with van der Waals surface area (Å²) >= 11 is 3.47. The molecule has 5 nitrogen and oxygen atoms in total. The molecule has 2 aromatic rings. The standard InChI is InChI=1S/C20H18BrO5P/c1-3-25-27(23)18(11-12-19(22)24-2)20(14-7-5-4-6-8-14)16-13-15(21)9-10-17(16)26-27/h4-13H,3H2,1-2H3/b12-11+. The monoisotopic (exact) mass is 448 g/mol. The van der Waals surface area contributed by atoms with Crippen molar-refractivity contribution in [3.63, 3.8) is 0 Å². The van der Waals surface area contributed by atoms with Crippen LogP contribution in [0.3, 0.4) is 0 Å². The number of allylic oxidation sites excluding steroid dienone is 2. The molecule has 0 spiro atoms. The van der Waals surface area contributed by atoms with Crippen LogP contribution >= 0.6 is 23.5 Å². The molecule has 0 radical (unpaired) electrons. The Morgan fingerprint density at radius 3 is 2.63 bits per heavy atom. The Kier molecular flexibility index (Phi) is 6.00. The van der Waals surface area contributed by atoms with Gasteiger partial charge in [0.15, 0.2) is 0 Å². The Bertz CT molecular complexity index is 966. The molecule has 2 aromatic carbocycles. The van der Waals surface area contributed by atoms with Crippen molar-refractivity contribution >= 4 is 35.1 Å². The van der Waals surface area contributed by atoms with E-state index in [1.54, 1.807) is 13.0 Å². The third kappa shape index (κ3) is 4.08. The van der Waals surface area contributed by atoms with Gasteiger partial charge < -0.3 is 9.26 Å². The van der Waals surface area contributed by atoms with Gasteiger partial charge in [0.25, 0.3) is 0 Å². The lowest BCUT2D eigenvalue weighted by Gasteiger charge is -2.29. The molecule has 140 valence electrons. The van der Waals surface area contributed by atoms with Crippen LogP contribution in [0.25, 0.3) is 5.57 Å². The minimum Gasteiger partial charge on any atom is -0.466 e. The van der Waals surface area contributed by atoms with E-state index in [1.165, 1.54) is 19.3 Å². The van der Waals surface area contributed by atoms with E-state index in [9.17, 15) is 9.36 Å². The number of ether oxygens (including phenoxy) is 1. The Balaban J connectivity index is 2.34. The fourth-order valence-corrected chi connectivity index (χ4v) is 4.98. The maximum absolute atomic E-state index is 13.6. The van der Waals surface area contributed by atoms with Gasteiger partial charge in [0.05, 0.1) is 19.0 Å². The number of halogens is 1. The van der Waals surface area contributed by atoms with Gasteiger partial charge in [0.2, 0.25) is 0 Å². The first-order valence-electron chi connectivity index (χ1n) is 8.29. The largest absolute Gasteiger partial charge is 0.466 e. The molecule has 0 amide bonds. The van der Waals surface area contributed by atoms with Crippen LogP contribution in [-0.2, 0) is 18.6 Å². The van der Waals surface area contributed by atoms with Gasteiger partial charge >= 0.3 is 13.6 Å². The van der Waals surface area contributed by atoms with Crippen molar-refractivity contribution in [1.29, 1.82) is 0 Å². The highest BCUT2D eigenvalue weighted by Gasteiger charge is 2.39. The van der Waals surface area contributed by atoms with Crippen LogP contribution in [0.15, 0.2) is 70.5 Å². The summed E-state index contributed by atoms with van der Waals surface area (Å²) in [6.45, 7) is 1.94. The Hall–Kier alpha value is -2.14.